The monoisotopic (exact) mass is 197 g/mol. The van der Waals surface area contributed by atoms with Crippen molar-refractivity contribution in [3.8, 4) is 0 Å². The third-order valence-corrected chi connectivity index (χ3v) is 3.78. The summed E-state index contributed by atoms with van der Waals surface area (Å²) in [6, 6.07) is 0. The van der Waals surface area contributed by atoms with Crippen LogP contribution in [0.4, 0.5) is 0 Å². The molecule has 0 aromatic carbocycles. The molecule has 0 radical (unpaired) electrons. The van der Waals surface area contributed by atoms with Gasteiger partial charge in [0.2, 0.25) is 0 Å². The second-order valence-corrected chi connectivity index (χ2v) is 5.34. The van der Waals surface area contributed by atoms with Gasteiger partial charge < -0.3 is 5.32 Å². The minimum absolute atomic E-state index is 0.656. The highest BCUT2D eigenvalue weighted by Crippen LogP contribution is 2.43. The summed E-state index contributed by atoms with van der Waals surface area (Å²) in [7, 11) is 2.10. The predicted molar refractivity (Wildman–Crippen MR) is 63.5 cm³/mol. The average Bonchev–Trinajstić information content (AvgIpc) is 2.54. The Hall–Kier alpha value is -0.0400. The molecule has 0 bridgehead atoms. The van der Waals surface area contributed by atoms with Gasteiger partial charge in [0, 0.05) is 6.54 Å². The number of hydrogen-bond acceptors (Lipinski definition) is 1. The standard InChI is InChI=1S/C13H27N/c1-4-7-12(2)10-13(11-14-3)8-5-6-9-13/h12,14H,4-11H2,1-3H3. The summed E-state index contributed by atoms with van der Waals surface area (Å²) in [5.41, 5.74) is 0.656. The molecule has 0 spiro atoms. The molecule has 1 aliphatic carbocycles. The normalized spacial score (nSPS) is 22.5. The van der Waals surface area contributed by atoms with Crippen molar-refractivity contribution < 1.29 is 0 Å². The minimum Gasteiger partial charge on any atom is -0.319 e. The Morgan fingerprint density at radius 2 is 1.93 bits per heavy atom. The molecule has 1 fully saturated rings. The first-order chi connectivity index (χ1) is 6.72. The van der Waals surface area contributed by atoms with Gasteiger partial charge in [-0.1, -0.05) is 39.5 Å². The van der Waals surface area contributed by atoms with Gasteiger partial charge in [0.15, 0.2) is 0 Å². The second kappa shape index (κ2) is 5.75. The molecule has 0 heterocycles. The van der Waals surface area contributed by atoms with Crippen molar-refractivity contribution in [1.82, 2.24) is 5.32 Å². The summed E-state index contributed by atoms with van der Waals surface area (Å²) in [4.78, 5) is 0. The van der Waals surface area contributed by atoms with E-state index in [0.29, 0.717) is 5.41 Å². The Balaban J connectivity index is 2.42. The predicted octanol–water partition coefficient (Wildman–Crippen LogP) is 3.59. The van der Waals surface area contributed by atoms with E-state index in [1.165, 1.54) is 51.5 Å². The van der Waals surface area contributed by atoms with Crippen molar-refractivity contribution in [3.05, 3.63) is 0 Å². The molecule has 0 aliphatic heterocycles. The Morgan fingerprint density at radius 1 is 1.29 bits per heavy atom. The largest absolute Gasteiger partial charge is 0.319 e. The van der Waals surface area contributed by atoms with Crippen LogP contribution in [0.5, 0.6) is 0 Å². The SMILES string of the molecule is CCCC(C)CC1(CNC)CCCC1. The molecule has 1 heteroatoms. The highest BCUT2D eigenvalue weighted by Gasteiger charge is 2.33. The van der Waals surface area contributed by atoms with Crippen molar-refractivity contribution in [2.45, 2.75) is 58.8 Å². The Morgan fingerprint density at radius 3 is 2.43 bits per heavy atom. The fourth-order valence-electron chi connectivity index (χ4n) is 3.29. The van der Waals surface area contributed by atoms with Gasteiger partial charge in [0.1, 0.15) is 0 Å². The maximum atomic E-state index is 3.40. The van der Waals surface area contributed by atoms with Crippen LogP contribution in [-0.4, -0.2) is 13.6 Å². The van der Waals surface area contributed by atoms with E-state index in [0.717, 1.165) is 5.92 Å². The molecular formula is C13H27N. The van der Waals surface area contributed by atoms with E-state index in [4.69, 9.17) is 0 Å². The second-order valence-electron chi connectivity index (χ2n) is 5.34. The molecular weight excluding hydrogens is 170 g/mol. The number of rotatable bonds is 6. The van der Waals surface area contributed by atoms with E-state index < -0.39 is 0 Å². The van der Waals surface area contributed by atoms with Crippen LogP contribution in [0.25, 0.3) is 0 Å². The van der Waals surface area contributed by atoms with Crippen molar-refractivity contribution in [1.29, 1.82) is 0 Å². The zero-order valence-electron chi connectivity index (χ0n) is 10.2. The molecule has 1 N–H and O–H groups in total. The summed E-state index contributed by atoms with van der Waals surface area (Å²) in [5.74, 6) is 0.923. The van der Waals surface area contributed by atoms with E-state index in [1.807, 2.05) is 0 Å². The first kappa shape index (κ1) is 12.0. The molecule has 1 unspecified atom stereocenters. The van der Waals surface area contributed by atoms with Gasteiger partial charge in [-0.05, 0) is 37.6 Å². The molecule has 14 heavy (non-hydrogen) atoms. The van der Waals surface area contributed by atoms with Crippen LogP contribution in [0.2, 0.25) is 0 Å². The lowest BCUT2D eigenvalue weighted by molar-refractivity contribution is 0.216. The molecule has 1 nitrogen and oxygen atoms in total. The van der Waals surface area contributed by atoms with Gasteiger partial charge in [-0.3, -0.25) is 0 Å². The first-order valence-electron chi connectivity index (χ1n) is 6.37. The van der Waals surface area contributed by atoms with E-state index in [2.05, 4.69) is 26.2 Å². The third kappa shape index (κ3) is 3.27. The maximum Gasteiger partial charge on any atom is 0.000490 e. The van der Waals surface area contributed by atoms with Gasteiger partial charge in [-0.25, -0.2) is 0 Å². The minimum atomic E-state index is 0.656. The van der Waals surface area contributed by atoms with Crippen LogP contribution in [0, 0.1) is 11.3 Å². The average molecular weight is 197 g/mol. The lowest BCUT2D eigenvalue weighted by atomic mass is 9.77. The third-order valence-electron chi connectivity index (χ3n) is 3.78. The summed E-state index contributed by atoms with van der Waals surface area (Å²) in [6.45, 7) is 5.97. The van der Waals surface area contributed by atoms with Gasteiger partial charge in [-0.15, -0.1) is 0 Å². The molecule has 1 aliphatic rings. The van der Waals surface area contributed by atoms with Gasteiger partial charge in [0.05, 0.1) is 0 Å². The maximum absolute atomic E-state index is 3.40. The zero-order valence-corrected chi connectivity index (χ0v) is 10.2. The van der Waals surface area contributed by atoms with E-state index in [1.54, 1.807) is 0 Å². The highest BCUT2D eigenvalue weighted by atomic mass is 14.8. The smallest absolute Gasteiger partial charge is 0.000490 e. The molecule has 0 saturated heterocycles. The van der Waals surface area contributed by atoms with Crippen molar-refractivity contribution in [2.75, 3.05) is 13.6 Å². The lowest BCUT2D eigenvalue weighted by Crippen LogP contribution is -2.31. The van der Waals surface area contributed by atoms with E-state index >= 15 is 0 Å². The molecule has 1 saturated carbocycles. The summed E-state index contributed by atoms with van der Waals surface area (Å²) < 4.78 is 0. The van der Waals surface area contributed by atoms with Crippen LogP contribution in [0.3, 0.4) is 0 Å². The summed E-state index contributed by atoms with van der Waals surface area (Å²) in [6.07, 6.45) is 10.0. The van der Waals surface area contributed by atoms with Crippen LogP contribution in [0.1, 0.15) is 58.8 Å². The first-order valence-corrected chi connectivity index (χ1v) is 6.37. The summed E-state index contributed by atoms with van der Waals surface area (Å²) in [5, 5.41) is 3.40. The van der Waals surface area contributed by atoms with Crippen LogP contribution < -0.4 is 5.32 Å². The van der Waals surface area contributed by atoms with E-state index in [-0.39, 0.29) is 0 Å². The zero-order chi connectivity index (χ0) is 10.4. The van der Waals surface area contributed by atoms with Crippen LogP contribution >= 0.6 is 0 Å². The quantitative estimate of drug-likeness (QED) is 0.686. The van der Waals surface area contributed by atoms with Crippen molar-refractivity contribution in [2.24, 2.45) is 11.3 Å². The van der Waals surface area contributed by atoms with E-state index in [9.17, 15) is 0 Å². The van der Waals surface area contributed by atoms with Gasteiger partial charge in [0.25, 0.3) is 0 Å². The Labute approximate surface area is 89.7 Å². The van der Waals surface area contributed by atoms with Gasteiger partial charge in [-0.2, -0.15) is 0 Å². The highest BCUT2D eigenvalue weighted by molar-refractivity contribution is 4.87. The fourth-order valence-corrected chi connectivity index (χ4v) is 3.29. The fraction of sp³-hybridized carbons (Fsp3) is 1.00. The molecule has 0 aromatic heterocycles. The van der Waals surface area contributed by atoms with Crippen LogP contribution in [-0.2, 0) is 0 Å². The van der Waals surface area contributed by atoms with Crippen molar-refractivity contribution in [3.63, 3.8) is 0 Å². The van der Waals surface area contributed by atoms with Crippen LogP contribution in [0.15, 0.2) is 0 Å². The molecule has 84 valence electrons. The summed E-state index contributed by atoms with van der Waals surface area (Å²) >= 11 is 0. The Bertz CT molecular complexity index is 147. The Kier molecular flexibility index (Phi) is 4.94. The number of hydrogen-bond donors (Lipinski definition) is 1. The van der Waals surface area contributed by atoms with Gasteiger partial charge >= 0.3 is 0 Å². The molecule has 0 amide bonds. The number of nitrogens with one attached hydrogen (secondary N) is 1. The lowest BCUT2D eigenvalue weighted by Gasteiger charge is -2.31. The van der Waals surface area contributed by atoms with Crippen molar-refractivity contribution >= 4 is 0 Å². The molecule has 0 aromatic rings. The molecule has 1 rings (SSSR count). The molecule has 1 atom stereocenters. The topological polar surface area (TPSA) is 12.0 Å².